The predicted octanol–water partition coefficient (Wildman–Crippen LogP) is 2.67. The Balaban J connectivity index is 1.74. The van der Waals surface area contributed by atoms with Crippen LogP contribution in [0.5, 0.6) is 0 Å². The first-order chi connectivity index (χ1) is 8.93. The highest BCUT2D eigenvalue weighted by molar-refractivity contribution is 4.67. The smallest absolute Gasteiger partial charge is 0.0700 e. The van der Waals surface area contributed by atoms with Gasteiger partial charge in [0.15, 0.2) is 0 Å². The third kappa shape index (κ3) is 8.46. The molecule has 0 aliphatic carbocycles. The Kier molecular flexibility index (Phi) is 9.82. The number of nitrogens with zero attached hydrogens (tertiary/aromatic N) is 1. The maximum absolute atomic E-state index is 8.35. The first-order valence-electron chi connectivity index (χ1n) is 7.07. The van der Waals surface area contributed by atoms with Gasteiger partial charge in [-0.15, -0.1) is 0 Å². The number of hydrogen-bond donors (Lipinski definition) is 0. The van der Waals surface area contributed by atoms with E-state index < -0.39 is 0 Å². The highest BCUT2D eigenvalue weighted by Crippen LogP contribution is 2.15. The Morgan fingerprint density at radius 2 is 1.89 bits per heavy atom. The van der Waals surface area contributed by atoms with Crippen molar-refractivity contribution in [2.24, 2.45) is 0 Å². The average molecular weight is 255 g/mol. The molecule has 18 heavy (non-hydrogen) atoms. The van der Waals surface area contributed by atoms with Gasteiger partial charge in [-0.2, -0.15) is 5.26 Å². The molecular weight excluding hydrogens is 230 g/mol. The lowest BCUT2D eigenvalue weighted by Gasteiger charge is -2.22. The molecule has 0 aromatic rings. The highest BCUT2D eigenvalue weighted by atomic mass is 16.5. The third-order valence-electron chi connectivity index (χ3n) is 3.06. The summed E-state index contributed by atoms with van der Waals surface area (Å²) in [4.78, 5) is 0. The summed E-state index contributed by atoms with van der Waals surface area (Å²) in [5.74, 6) is 0. The summed E-state index contributed by atoms with van der Waals surface area (Å²) in [6, 6.07) is 2.13. The van der Waals surface area contributed by atoms with Gasteiger partial charge in [-0.05, 0) is 38.5 Å². The summed E-state index contributed by atoms with van der Waals surface area (Å²) in [5, 5.41) is 8.35. The zero-order chi connectivity index (χ0) is 12.9. The van der Waals surface area contributed by atoms with Crippen molar-refractivity contribution in [1.82, 2.24) is 0 Å². The van der Waals surface area contributed by atoms with Crippen LogP contribution in [0, 0.1) is 11.3 Å². The molecule has 0 amide bonds. The van der Waals surface area contributed by atoms with Crippen molar-refractivity contribution in [3.63, 3.8) is 0 Å². The zero-order valence-corrected chi connectivity index (χ0v) is 11.2. The molecule has 1 rings (SSSR count). The van der Waals surface area contributed by atoms with Crippen LogP contribution in [-0.2, 0) is 14.2 Å². The van der Waals surface area contributed by atoms with Gasteiger partial charge in [-0.1, -0.05) is 0 Å². The van der Waals surface area contributed by atoms with Crippen molar-refractivity contribution >= 4 is 0 Å². The second-order valence-electron chi connectivity index (χ2n) is 4.62. The van der Waals surface area contributed by atoms with Crippen LogP contribution < -0.4 is 0 Å². The summed E-state index contributed by atoms with van der Waals surface area (Å²) in [7, 11) is 0. The molecular formula is C14H25NO3. The van der Waals surface area contributed by atoms with Crippen LogP contribution in [-0.4, -0.2) is 39.1 Å². The average Bonchev–Trinajstić information content (AvgIpc) is 2.42. The van der Waals surface area contributed by atoms with Crippen molar-refractivity contribution in [1.29, 1.82) is 5.26 Å². The Morgan fingerprint density at radius 1 is 1.06 bits per heavy atom. The number of rotatable bonds is 10. The molecule has 1 aliphatic heterocycles. The summed E-state index contributed by atoms with van der Waals surface area (Å²) < 4.78 is 16.5. The van der Waals surface area contributed by atoms with Gasteiger partial charge in [0.1, 0.15) is 0 Å². The summed E-state index contributed by atoms with van der Waals surface area (Å²) >= 11 is 0. The Labute approximate surface area is 110 Å². The van der Waals surface area contributed by atoms with Gasteiger partial charge < -0.3 is 14.2 Å². The quantitative estimate of drug-likeness (QED) is 0.563. The number of unbranched alkanes of at least 4 members (excludes halogenated alkanes) is 2. The van der Waals surface area contributed by atoms with Crippen LogP contribution in [0.1, 0.15) is 44.9 Å². The highest BCUT2D eigenvalue weighted by Gasteiger charge is 2.12. The van der Waals surface area contributed by atoms with E-state index in [1.165, 1.54) is 19.3 Å². The molecule has 0 aromatic carbocycles. The minimum atomic E-state index is 0.408. The molecule has 1 saturated heterocycles. The van der Waals surface area contributed by atoms with Crippen LogP contribution in [0.2, 0.25) is 0 Å². The summed E-state index contributed by atoms with van der Waals surface area (Å²) in [5.41, 5.74) is 0. The molecule has 1 aliphatic rings. The number of hydrogen-bond acceptors (Lipinski definition) is 4. The lowest BCUT2D eigenvalue weighted by atomic mass is 10.1. The molecule has 104 valence electrons. The van der Waals surface area contributed by atoms with Crippen LogP contribution in [0.4, 0.5) is 0 Å². The molecule has 0 spiro atoms. The van der Waals surface area contributed by atoms with Crippen molar-refractivity contribution in [2.75, 3.05) is 33.0 Å². The molecule has 4 nitrogen and oxygen atoms in total. The van der Waals surface area contributed by atoms with Gasteiger partial charge in [-0.3, -0.25) is 0 Å². The molecule has 0 aromatic heterocycles. The largest absolute Gasteiger partial charge is 0.379 e. The second kappa shape index (κ2) is 11.5. The third-order valence-corrected chi connectivity index (χ3v) is 3.06. The molecule has 1 atom stereocenters. The molecule has 4 heteroatoms. The van der Waals surface area contributed by atoms with Crippen LogP contribution in [0.25, 0.3) is 0 Å². The lowest BCUT2D eigenvalue weighted by Crippen LogP contribution is -2.21. The van der Waals surface area contributed by atoms with Crippen molar-refractivity contribution in [2.45, 2.75) is 51.0 Å². The van der Waals surface area contributed by atoms with E-state index in [1.54, 1.807) is 0 Å². The van der Waals surface area contributed by atoms with E-state index in [4.69, 9.17) is 19.5 Å². The zero-order valence-electron chi connectivity index (χ0n) is 11.2. The Bertz CT molecular complexity index is 222. The molecule has 0 bridgehead atoms. The van der Waals surface area contributed by atoms with E-state index in [0.717, 1.165) is 39.1 Å². The van der Waals surface area contributed by atoms with Gasteiger partial charge >= 0.3 is 0 Å². The van der Waals surface area contributed by atoms with Gasteiger partial charge in [0.25, 0.3) is 0 Å². The first-order valence-corrected chi connectivity index (χ1v) is 7.07. The summed E-state index contributed by atoms with van der Waals surface area (Å²) in [6.07, 6.45) is 7.60. The SMILES string of the molecule is N#CCCCCOCCOCCC1CCCCO1. The van der Waals surface area contributed by atoms with Crippen molar-refractivity contribution in [3.8, 4) is 6.07 Å². The lowest BCUT2D eigenvalue weighted by molar-refractivity contribution is -0.0155. The Morgan fingerprint density at radius 3 is 2.61 bits per heavy atom. The fourth-order valence-corrected chi connectivity index (χ4v) is 1.98. The van der Waals surface area contributed by atoms with Crippen molar-refractivity contribution in [3.05, 3.63) is 0 Å². The molecule has 0 saturated carbocycles. The standard InChI is InChI=1S/C14H25NO3/c15-8-3-1-4-9-16-12-13-17-11-7-14-6-2-5-10-18-14/h14H,1-7,9-13H2. The first kappa shape index (κ1) is 15.4. The van der Waals surface area contributed by atoms with Crippen LogP contribution >= 0.6 is 0 Å². The van der Waals surface area contributed by atoms with Crippen LogP contribution in [0.3, 0.4) is 0 Å². The maximum Gasteiger partial charge on any atom is 0.0700 e. The van der Waals surface area contributed by atoms with Gasteiger partial charge in [-0.25, -0.2) is 0 Å². The predicted molar refractivity (Wildman–Crippen MR) is 69.3 cm³/mol. The van der Waals surface area contributed by atoms with E-state index in [9.17, 15) is 0 Å². The fourth-order valence-electron chi connectivity index (χ4n) is 1.98. The second-order valence-corrected chi connectivity index (χ2v) is 4.62. The van der Waals surface area contributed by atoms with E-state index in [-0.39, 0.29) is 0 Å². The molecule has 1 unspecified atom stereocenters. The monoisotopic (exact) mass is 255 g/mol. The Hall–Kier alpha value is -0.630. The van der Waals surface area contributed by atoms with Gasteiger partial charge in [0.05, 0.1) is 25.4 Å². The minimum Gasteiger partial charge on any atom is -0.379 e. The molecule has 1 fully saturated rings. The van der Waals surface area contributed by atoms with Gasteiger partial charge in [0, 0.05) is 26.2 Å². The fraction of sp³-hybridized carbons (Fsp3) is 0.929. The normalized spacial score (nSPS) is 19.6. The van der Waals surface area contributed by atoms with Crippen LogP contribution in [0.15, 0.2) is 0 Å². The van der Waals surface area contributed by atoms with E-state index in [0.29, 0.717) is 25.7 Å². The molecule has 0 N–H and O–H groups in total. The minimum absolute atomic E-state index is 0.408. The van der Waals surface area contributed by atoms with E-state index in [1.807, 2.05) is 0 Å². The topological polar surface area (TPSA) is 51.5 Å². The summed E-state index contributed by atoms with van der Waals surface area (Å²) in [6.45, 7) is 3.72. The van der Waals surface area contributed by atoms with E-state index >= 15 is 0 Å². The van der Waals surface area contributed by atoms with Gasteiger partial charge in [0.2, 0.25) is 0 Å². The molecule has 0 radical (unpaired) electrons. The number of nitriles is 1. The van der Waals surface area contributed by atoms with Crippen molar-refractivity contribution < 1.29 is 14.2 Å². The van der Waals surface area contributed by atoms with E-state index in [2.05, 4.69) is 6.07 Å². The molecule has 1 heterocycles. The number of ether oxygens (including phenoxy) is 3. The maximum atomic E-state index is 8.35.